The second-order valence-electron chi connectivity index (χ2n) is 8.43. The molecule has 2 aliphatic rings. The standard InChI is InChI=1S/C23H35N5S2/c1-24-23(26-16-21(22-9-6-14-30-22)28-11-2-3-12-28)25-15-19-7-4-10-27(17-19)18-20-8-5-13-29-20/h5-6,8-9,13-14,19,21H,2-4,7,10-12,15-18H2,1H3,(H2,24,25,26). The molecule has 2 aliphatic heterocycles. The number of likely N-dealkylation sites (tertiary alicyclic amines) is 2. The van der Waals surface area contributed by atoms with Crippen molar-refractivity contribution in [2.24, 2.45) is 10.9 Å². The van der Waals surface area contributed by atoms with Gasteiger partial charge in [-0.3, -0.25) is 14.8 Å². The maximum Gasteiger partial charge on any atom is 0.191 e. The zero-order valence-electron chi connectivity index (χ0n) is 18.1. The molecule has 0 amide bonds. The van der Waals surface area contributed by atoms with Crippen molar-refractivity contribution in [2.75, 3.05) is 46.3 Å². The molecule has 5 nitrogen and oxygen atoms in total. The van der Waals surface area contributed by atoms with Crippen molar-refractivity contribution in [3.8, 4) is 0 Å². The van der Waals surface area contributed by atoms with E-state index in [2.05, 4.69) is 60.5 Å². The van der Waals surface area contributed by atoms with Gasteiger partial charge >= 0.3 is 0 Å². The molecule has 0 saturated carbocycles. The molecule has 2 atom stereocenters. The van der Waals surface area contributed by atoms with E-state index in [9.17, 15) is 0 Å². The first kappa shape index (κ1) is 21.8. The van der Waals surface area contributed by atoms with Crippen LogP contribution in [0.2, 0.25) is 0 Å². The fraction of sp³-hybridized carbons (Fsp3) is 0.609. The van der Waals surface area contributed by atoms with E-state index in [1.807, 2.05) is 29.7 Å². The molecule has 2 saturated heterocycles. The van der Waals surface area contributed by atoms with Crippen molar-refractivity contribution in [2.45, 2.75) is 38.3 Å². The van der Waals surface area contributed by atoms with Gasteiger partial charge in [-0.05, 0) is 74.1 Å². The first-order chi connectivity index (χ1) is 14.8. The summed E-state index contributed by atoms with van der Waals surface area (Å²) in [5.74, 6) is 1.62. The molecule has 7 heteroatoms. The largest absolute Gasteiger partial charge is 0.356 e. The molecule has 2 unspecified atom stereocenters. The Morgan fingerprint density at radius 1 is 1.10 bits per heavy atom. The number of piperidine rings is 1. The molecule has 0 aromatic carbocycles. The van der Waals surface area contributed by atoms with E-state index in [4.69, 9.17) is 0 Å². The lowest BCUT2D eigenvalue weighted by Crippen LogP contribution is -2.46. The lowest BCUT2D eigenvalue weighted by molar-refractivity contribution is 0.169. The van der Waals surface area contributed by atoms with E-state index in [0.717, 1.165) is 25.6 Å². The number of aliphatic imine (C=N–C) groups is 1. The maximum absolute atomic E-state index is 4.50. The first-order valence-electron chi connectivity index (χ1n) is 11.3. The SMILES string of the molecule is CN=C(NCC1CCCN(Cc2cccs2)C1)NCC(c1cccs1)N1CCCC1. The predicted molar refractivity (Wildman–Crippen MR) is 130 cm³/mol. The van der Waals surface area contributed by atoms with Crippen molar-refractivity contribution in [3.05, 3.63) is 44.8 Å². The number of hydrogen-bond donors (Lipinski definition) is 2. The molecule has 0 bridgehead atoms. The molecule has 0 spiro atoms. The molecule has 30 heavy (non-hydrogen) atoms. The van der Waals surface area contributed by atoms with Crippen LogP contribution in [0.1, 0.15) is 41.5 Å². The quantitative estimate of drug-likeness (QED) is 0.476. The zero-order valence-corrected chi connectivity index (χ0v) is 19.7. The highest BCUT2D eigenvalue weighted by molar-refractivity contribution is 7.10. The third-order valence-corrected chi connectivity index (χ3v) is 8.10. The molecule has 2 aromatic heterocycles. The minimum absolute atomic E-state index is 0.446. The maximum atomic E-state index is 4.50. The molecule has 2 fully saturated rings. The molecule has 0 aliphatic carbocycles. The second-order valence-corrected chi connectivity index (χ2v) is 10.4. The highest BCUT2D eigenvalue weighted by atomic mass is 32.1. The van der Waals surface area contributed by atoms with Gasteiger partial charge in [-0.15, -0.1) is 22.7 Å². The third kappa shape index (κ3) is 6.06. The lowest BCUT2D eigenvalue weighted by atomic mass is 9.98. The van der Waals surface area contributed by atoms with E-state index >= 15 is 0 Å². The van der Waals surface area contributed by atoms with Gasteiger partial charge in [0.1, 0.15) is 0 Å². The van der Waals surface area contributed by atoms with E-state index in [1.165, 1.54) is 61.6 Å². The fourth-order valence-electron chi connectivity index (χ4n) is 4.68. The van der Waals surface area contributed by atoms with Gasteiger partial charge in [0.15, 0.2) is 5.96 Å². The molecule has 4 rings (SSSR count). The number of thiophene rings is 2. The van der Waals surface area contributed by atoms with Crippen LogP contribution >= 0.6 is 22.7 Å². The molecule has 164 valence electrons. The number of rotatable bonds is 8. The molecular formula is C23H35N5S2. The van der Waals surface area contributed by atoms with Crippen LogP contribution in [0.4, 0.5) is 0 Å². The predicted octanol–water partition coefficient (Wildman–Crippen LogP) is 4.02. The van der Waals surface area contributed by atoms with Crippen LogP contribution in [0.3, 0.4) is 0 Å². The van der Waals surface area contributed by atoms with E-state index in [-0.39, 0.29) is 0 Å². The average Bonchev–Trinajstić information content (AvgIpc) is 3.55. The smallest absolute Gasteiger partial charge is 0.191 e. The van der Waals surface area contributed by atoms with Crippen LogP contribution in [0.25, 0.3) is 0 Å². The number of hydrogen-bond acceptors (Lipinski definition) is 5. The van der Waals surface area contributed by atoms with Crippen LogP contribution in [-0.2, 0) is 6.54 Å². The Bertz CT molecular complexity index is 753. The van der Waals surface area contributed by atoms with Crippen molar-refractivity contribution >= 4 is 28.6 Å². The van der Waals surface area contributed by atoms with Gasteiger partial charge in [0.2, 0.25) is 0 Å². The van der Waals surface area contributed by atoms with Crippen LogP contribution in [0, 0.1) is 5.92 Å². The van der Waals surface area contributed by atoms with Gasteiger partial charge in [0, 0.05) is 43.0 Å². The highest BCUT2D eigenvalue weighted by Gasteiger charge is 2.25. The third-order valence-electron chi connectivity index (χ3n) is 6.26. The van der Waals surface area contributed by atoms with Crippen molar-refractivity contribution in [1.29, 1.82) is 0 Å². The minimum Gasteiger partial charge on any atom is -0.356 e. The average molecular weight is 446 g/mol. The van der Waals surface area contributed by atoms with E-state index in [1.54, 1.807) is 0 Å². The van der Waals surface area contributed by atoms with Gasteiger partial charge in [-0.25, -0.2) is 0 Å². The van der Waals surface area contributed by atoms with Crippen LogP contribution in [0.5, 0.6) is 0 Å². The molecule has 4 heterocycles. The summed E-state index contributed by atoms with van der Waals surface area (Å²) in [4.78, 5) is 12.7. The van der Waals surface area contributed by atoms with Gasteiger partial charge < -0.3 is 10.6 Å². The summed E-state index contributed by atoms with van der Waals surface area (Å²) >= 11 is 3.74. The number of nitrogens with zero attached hydrogens (tertiary/aromatic N) is 3. The van der Waals surface area contributed by atoms with Gasteiger partial charge in [0.25, 0.3) is 0 Å². The van der Waals surface area contributed by atoms with Gasteiger partial charge in [0.05, 0.1) is 6.04 Å². The second kappa shape index (κ2) is 11.3. The highest BCUT2D eigenvalue weighted by Crippen LogP contribution is 2.27. The lowest BCUT2D eigenvalue weighted by Gasteiger charge is -2.33. The number of nitrogens with one attached hydrogen (secondary N) is 2. The van der Waals surface area contributed by atoms with Crippen LogP contribution < -0.4 is 10.6 Å². The summed E-state index contributed by atoms with van der Waals surface area (Å²) < 4.78 is 0. The Balaban J connectivity index is 1.25. The Morgan fingerprint density at radius 2 is 1.93 bits per heavy atom. The summed E-state index contributed by atoms with van der Waals surface area (Å²) in [5.41, 5.74) is 0. The Labute approximate surface area is 189 Å². The topological polar surface area (TPSA) is 42.9 Å². The Morgan fingerprint density at radius 3 is 2.67 bits per heavy atom. The summed E-state index contributed by atoms with van der Waals surface area (Å²) in [5, 5.41) is 11.6. The summed E-state index contributed by atoms with van der Waals surface area (Å²) in [6.07, 6.45) is 5.23. The normalized spacial score (nSPS) is 22.3. The Kier molecular flexibility index (Phi) is 8.20. The van der Waals surface area contributed by atoms with E-state index < -0.39 is 0 Å². The fourth-order valence-corrected chi connectivity index (χ4v) is 6.29. The monoisotopic (exact) mass is 445 g/mol. The van der Waals surface area contributed by atoms with Crippen molar-refractivity contribution in [3.63, 3.8) is 0 Å². The summed E-state index contributed by atoms with van der Waals surface area (Å²) in [6.45, 7) is 7.81. The van der Waals surface area contributed by atoms with Gasteiger partial charge in [-0.1, -0.05) is 12.1 Å². The van der Waals surface area contributed by atoms with Crippen molar-refractivity contribution < 1.29 is 0 Å². The van der Waals surface area contributed by atoms with E-state index in [0.29, 0.717) is 12.0 Å². The molecular weight excluding hydrogens is 410 g/mol. The Hall–Kier alpha value is -1.41. The minimum atomic E-state index is 0.446. The molecule has 2 N–H and O–H groups in total. The zero-order chi connectivity index (χ0) is 20.6. The first-order valence-corrected chi connectivity index (χ1v) is 13.0. The molecule has 0 radical (unpaired) electrons. The van der Waals surface area contributed by atoms with Crippen molar-refractivity contribution in [1.82, 2.24) is 20.4 Å². The molecule has 2 aromatic rings. The summed E-state index contributed by atoms with van der Waals surface area (Å²) in [7, 11) is 1.88. The summed E-state index contributed by atoms with van der Waals surface area (Å²) in [6, 6.07) is 9.30. The van der Waals surface area contributed by atoms with Crippen LogP contribution in [0.15, 0.2) is 40.0 Å². The number of guanidine groups is 1. The van der Waals surface area contributed by atoms with Crippen LogP contribution in [-0.4, -0.2) is 62.1 Å². The van der Waals surface area contributed by atoms with Gasteiger partial charge in [-0.2, -0.15) is 0 Å².